The highest BCUT2D eigenvalue weighted by atomic mass is 16.7. The van der Waals surface area contributed by atoms with Crippen LogP contribution in [0.1, 0.15) is 59.8 Å². The zero-order chi connectivity index (χ0) is 12.9. The Morgan fingerprint density at radius 3 is 2.53 bits per heavy atom. The van der Waals surface area contributed by atoms with Crippen LogP contribution in [0.25, 0.3) is 0 Å². The van der Waals surface area contributed by atoms with E-state index >= 15 is 0 Å². The summed E-state index contributed by atoms with van der Waals surface area (Å²) in [6, 6.07) is 0. The Morgan fingerprint density at radius 1 is 1.29 bits per heavy atom. The van der Waals surface area contributed by atoms with E-state index in [1.54, 1.807) is 0 Å². The first-order valence-corrected chi connectivity index (χ1v) is 6.76. The largest absolute Gasteiger partial charge is 0.438 e. The number of esters is 1. The lowest BCUT2D eigenvalue weighted by molar-refractivity contribution is -0.174. The molecule has 0 spiro atoms. The minimum absolute atomic E-state index is 0.108. The van der Waals surface area contributed by atoms with Gasteiger partial charge in [0, 0.05) is 0 Å². The van der Waals surface area contributed by atoms with Gasteiger partial charge in [0.15, 0.2) is 6.79 Å². The van der Waals surface area contributed by atoms with Crippen molar-refractivity contribution in [2.24, 2.45) is 11.3 Å². The van der Waals surface area contributed by atoms with Gasteiger partial charge in [0.2, 0.25) is 0 Å². The van der Waals surface area contributed by atoms with E-state index in [-0.39, 0.29) is 18.9 Å². The van der Waals surface area contributed by atoms with E-state index in [1.807, 2.05) is 20.8 Å². The van der Waals surface area contributed by atoms with Crippen LogP contribution in [0.2, 0.25) is 0 Å². The van der Waals surface area contributed by atoms with E-state index in [0.29, 0.717) is 5.92 Å². The molecule has 3 heteroatoms. The summed E-state index contributed by atoms with van der Waals surface area (Å²) >= 11 is 0. The summed E-state index contributed by atoms with van der Waals surface area (Å²) in [5.74, 6) is 0.421. The Bertz CT molecular complexity index is 248. The van der Waals surface area contributed by atoms with Gasteiger partial charge >= 0.3 is 5.97 Å². The minimum atomic E-state index is -0.401. The summed E-state index contributed by atoms with van der Waals surface area (Å²) in [4.78, 5) is 11.7. The van der Waals surface area contributed by atoms with Crippen LogP contribution in [0.4, 0.5) is 0 Å². The Kier molecular flexibility index (Phi) is 5.44. The highest BCUT2D eigenvalue weighted by Gasteiger charge is 2.28. The summed E-state index contributed by atoms with van der Waals surface area (Å²) in [5.41, 5.74) is -0.401. The lowest BCUT2D eigenvalue weighted by atomic mass is 9.88. The summed E-state index contributed by atoms with van der Waals surface area (Å²) in [6.45, 7) is 8.11. The van der Waals surface area contributed by atoms with Gasteiger partial charge in [-0.1, -0.05) is 26.7 Å². The number of carbonyl (C=O) groups excluding carboxylic acids is 1. The molecule has 0 radical (unpaired) electrons. The second-order valence-electron chi connectivity index (χ2n) is 5.75. The van der Waals surface area contributed by atoms with E-state index < -0.39 is 5.41 Å². The van der Waals surface area contributed by atoms with Gasteiger partial charge in [-0.05, 0) is 39.0 Å². The van der Waals surface area contributed by atoms with Gasteiger partial charge in [-0.2, -0.15) is 0 Å². The highest BCUT2D eigenvalue weighted by molar-refractivity contribution is 5.75. The fourth-order valence-corrected chi connectivity index (χ4v) is 2.04. The van der Waals surface area contributed by atoms with E-state index in [2.05, 4.69) is 6.92 Å². The van der Waals surface area contributed by atoms with Gasteiger partial charge in [-0.15, -0.1) is 0 Å². The van der Waals surface area contributed by atoms with E-state index in [1.165, 1.54) is 19.3 Å². The van der Waals surface area contributed by atoms with Crippen molar-refractivity contribution in [2.75, 3.05) is 6.79 Å². The van der Waals surface area contributed by atoms with Crippen molar-refractivity contribution >= 4 is 5.97 Å². The van der Waals surface area contributed by atoms with Gasteiger partial charge in [0.1, 0.15) is 0 Å². The van der Waals surface area contributed by atoms with Crippen molar-refractivity contribution in [2.45, 2.75) is 65.9 Å². The summed E-state index contributed by atoms with van der Waals surface area (Å²) in [6.07, 6.45) is 5.88. The molecule has 100 valence electrons. The lowest BCUT2D eigenvalue weighted by Crippen LogP contribution is -2.30. The molecule has 0 aromatic carbocycles. The summed E-state index contributed by atoms with van der Waals surface area (Å²) in [5, 5.41) is 0. The first-order valence-electron chi connectivity index (χ1n) is 6.76. The predicted octanol–water partition coefficient (Wildman–Crippen LogP) is 3.52. The molecular formula is C14H26O3. The Hall–Kier alpha value is -0.570. The molecule has 0 saturated heterocycles. The topological polar surface area (TPSA) is 35.5 Å². The molecule has 0 aromatic heterocycles. The van der Waals surface area contributed by atoms with Gasteiger partial charge in [0.25, 0.3) is 0 Å². The molecule has 3 nitrogen and oxygen atoms in total. The normalized spacial score (nSPS) is 25.6. The summed E-state index contributed by atoms with van der Waals surface area (Å²) in [7, 11) is 0. The van der Waals surface area contributed by atoms with Crippen molar-refractivity contribution in [3.05, 3.63) is 0 Å². The van der Waals surface area contributed by atoms with Crippen molar-refractivity contribution in [3.8, 4) is 0 Å². The minimum Gasteiger partial charge on any atom is -0.438 e. The maximum Gasteiger partial charge on any atom is 0.313 e. The highest BCUT2D eigenvalue weighted by Crippen LogP contribution is 2.26. The van der Waals surface area contributed by atoms with Gasteiger partial charge in [-0.25, -0.2) is 0 Å². The van der Waals surface area contributed by atoms with E-state index in [4.69, 9.17) is 9.47 Å². The molecule has 1 fully saturated rings. The third kappa shape index (κ3) is 4.30. The molecule has 17 heavy (non-hydrogen) atoms. The Labute approximate surface area is 105 Å². The van der Waals surface area contributed by atoms with Crippen LogP contribution >= 0.6 is 0 Å². The predicted molar refractivity (Wildman–Crippen MR) is 67.5 cm³/mol. The maximum atomic E-state index is 11.7. The van der Waals surface area contributed by atoms with Crippen molar-refractivity contribution in [1.82, 2.24) is 0 Å². The number of carbonyl (C=O) groups is 1. The Balaban J connectivity index is 2.25. The van der Waals surface area contributed by atoms with Crippen LogP contribution in [-0.4, -0.2) is 18.9 Å². The van der Waals surface area contributed by atoms with Crippen LogP contribution in [-0.2, 0) is 14.3 Å². The molecule has 0 bridgehead atoms. The molecule has 2 atom stereocenters. The van der Waals surface area contributed by atoms with Crippen LogP contribution in [0, 0.1) is 11.3 Å². The van der Waals surface area contributed by atoms with Crippen molar-refractivity contribution < 1.29 is 14.3 Å². The molecule has 1 aliphatic carbocycles. The second-order valence-corrected chi connectivity index (χ2v) is 5.75. The zero-order valence-corrected chi connectivity index (χ0v) is 11.6. The Morgan fingerprint density at radius 2 is 1.94 bits per heavy atom. The molecule has 1 saturated carbocycles. The van der Waals surface area contributed by atoms with Gasteiger partial charge < -0.3 is 9.47 Å². The average molecular weight is 242 g/mol. The van der Waals surface area contributed by atoms with Crippen LogP contribution in [0.5, 0.6) is 0 Å². The number of hydrogen-bond donors (Lipinski definition) is 0. The quantitative estimate of drug-likeness (QED) is 0.546. The van der Waals surface area contributed by atoms with E-state index in [0.717, 1.165) is 12.8 Å². The lowest BCUT2D eigenvalue weighted by Gasteiger charge is -2.29. The molecule has 1 aliphatic rings. The molecular weight excluding hydrogens is 216 g/mol. The van der Waals surface area contributed by atoms with Gasteiger partial charge in [0.05, 0.1) is 11.5 Å². The molecule has 0 N–H and O–H groups in total. The van der Waals surface area contributed by atoms with Crippen molar-refractivity contribution in [3.63, 3.8) is 0 Å². The second kappa shape index (κ2) is 6.39. The first kappa shape index (κ1) is 14.5. The molecule has 0 aliphatic heterocycles. The zero-order valence-electron chi connectivity index (χ0n) is 11.6. The monoisotopic (exact) mass is 242 g/mol. The third-order valence-electron chi connectivity index (χ3n) is 3.94. The van der Waals surface area contributed by atoms with E-state index in [9.17, 15) is 4.79 Å². The number of rotatable bonds is 5. The van der Waals surface area contributed by atoms with Gasteiger partial charge in [-0.3, -0.25) is 4.79 Å². The average Bonchev–Trinajstić information content (AvgIpc) is 2.31. The fraction of sp³-hybridized carbons (Fsp3) is 0.929. The number of ether oxygens (including phenoxy) is 2. The molecule has 0 heterocycles. The number of hydrogen-bond acceptors (Lipinski definition) is 3. The first-order chi connectivity index (χ1) is 7.97. The summed E-state index contributed by atoms with van der Waals surface area (Å²) < 4.78 is 10.9. The fourth-order valence-electron chi connectivity index (χ4n) is 2.04. The van der Waals surface area contributed by atoms with Crippen LogP contribution in [0.3, 0.4) is 0 Å². The third-order valence-corrected chi connectivity index (χ3v) is 3.94. The molecule has 1 rings (SSSR count). The van der Waals surface area contributed by atoms with Crippen molar-refractivity contribution in [1.29, 1.82) is 0 Å². The van der Waals surface area contributed by atoms with Crippen LogP contribution in [0.15, 0.2) is 0 Å². The SMILES string of the molecule is CCC(C)(C)C(=O)OCOC1CCCCC1C. The molecule has 2 unspecified atom stereocenters. The maximum absolute atomic E-state index is 11.7. The standard InChI is InChI=1S/C14H26O3/c1-5-14(3,4)13(15)17-10-16-12-9-7-6-8-11(12)2/h11-12H,5-10H2,1-4H3. The smallest absolute Gasteiger partial charge is 0.313 e. The molecule has 0 amide bonds. The molecule has 0 aromatic rings. The van der Waals surface area contributed by atoms with Crippen LogP contribution < -0.4 is 0 Å².